The number of piperazine rings is 1. The molecule has 0 aromatic heterocycles. The monoisotopic (exact) mass is 356 g/mol. The Bertz CT molecular complexity index is 710. The molecule has 6 nitrogen and oxygen atoms in total. The summed E-state index contributed by atoms with van der Waals surface area (Å²) in [5.74, 6) is 0.266. The summed E-state index contributed by atoms with van der Waals surface area (Å²) in [6, 6.07) is 8.40. The van der Waals surface area contributed by atoms with Crippen LogP contribution >= 0.6 is 0 Å². The number of hydrogen-bond donors (Lipinski definition) is 1. The molecule has 140 valence electrons. The Morgan fingerprint density at radius 3 is 2.46 bits per heavy atom. The third kappa shape index (κ3) is 3.35. The Morgan fingerprint density at radius 2 is 1.81 bits per heavy atom. The molecule has 0 spiro atoms. The highest BCUT2D eigenvalue weighted by molar-refractivity contribution is 6.07. The fourth-order valence-corrected chi connectivity index (χ4v) is 4.14. The van der Waals surface area contributed by atoms with Gasteiger partial charge in [0.25, 0.3) is 5.91 Å². The molecule has 1 aromatic rings. The van der Waals surface area contributed by atoms with Gasteiger partial charge in [-0.3, -0.25) is 14.6 Å². The average Bonchev–Trinajstić information content (AvgIpc) is 3.43. The number of benzene rings is 1. The predicted octanol–water partition coefficient (Wildman–Crippen LogP) is 1.79. The maximum atomic E-state index is 12.7. The molecule has 3 amide bonds. The summed E-state index contributed by atoms with van der Waals surface area (Å²) >= 11 is 0. The van der Waals surface area contributed by atoms with Gasteiger partial charge in [-0.25, -0.2) is 9.69 Å². The van der Waals surface area contributed by atoms with Crippen molar-refractivity contribution in [1.82, 2.24) is 20.0 Å². The molecule has 3 fully saturated rings. The molecule has 2 aliphatic heterocycles. The van der Waals surface area contributed by atoms with Crippen LogP contribution in [-0.4, -0.2) is 65.0 Å². The summed E-state index contributed by atoms with van der Waals surface area (Å²) in [6.45, 7) is 9.03. The molecule has 1 atom stereocenters. The minimum absolute atomic E-state index is 0.0489. The van der Waals surface area contributed by atoms with Gasteiger partial charge in [0.2, 0.25) is 0 Å². The average molecular weight is 356 g/mol. The SMILES string of the molecule is Cc1cccc(CN2CCN(CN3C(=O)N[C@](C)(C4CC4)C3=O)CC2)c1. The minimum Gasteiger partial charge on any atom is -0.323 e. The molecule has 6 heteroatoms. The maximum absolute atomic E-state index is 12.7. The Morgan fingerprint density at radius 1 is 1.12 bits per heavy atom. The van der Waals surface area contributed by atoms with E-state index in [9.17, 15) is 9.59 Å². The van der Waals surface area contributed by atoms with E-state index in [2.05, 4.69) is 46.3 Å². The van der Waals surface area contributed by atoms with Crippen molar-refractivity contribution in [1.29, 1.82) is 0 Å². The van der Waals surface area contributed by atoms with Crippen molar-refractivity contribution in [2.75, 3.05) is 32.8 Å². The fourth-order valence-electron chi connectivity index (χ4n) is 4.14. The summed E-state index contributed by atoms with van der Waals surface area (Å²) in [7, 11) is 0. The van der Waals surface area contributed by atoms with Crippen molar-refractivity contribution in [3.63, 3.8) is 0 Å². The summed E-state index contributed by atoms with van der Waals surface area (Å²) < 4.78 is 0. The molecular formula is C20H28N4O2. The second-order valence-corrected chi connectivity index (χ2v) is 8.16. The summed E-state index contributed by atoms with van der Waals surface area (Å²) in [6.07, 6.45) is 2.07. The quantitative estimate of drug-likeness (QED) is 0.818. The van der Waals surface area contributed by atoms with Crippen molar-refractivity contribution in [3.05, 3.63) is 35.4 Å². The van der Waals surface area contributed by atoms with Gasteiger partial charge < -0.3 is 5.32 Å². The number of nitrogens with one attached hydrogen (secondary N) is 1. The van der Waals surface area contributed by atoms with Gasteiger partial charge in [-0.2, -0.15) is 0 Å². The number of nitrogens with zero attached hydrogens (tertiary/aromatic N) is 3. The predicted molar refractivity (Wildman–Crippen MR) is 99.4 cm³/mol. The third-order valence-electron chi connectivity index (χ3n) is 5.99. The van der Waals surface area contributed by atoms with Crippen LogP contribution in [0.25, 0.3) is 0 Å². The van der Waals surface area contributed by atoms with E-state index in [0.717, 1.165) is 45.6 Å². The zero-order chi connectivity index (χ0) is 18.3. The van der Waals surface area contributed by atoms with E-state index >= 15 is 0 Å². The molecule has 26 heavy (non-hydrogen) atoms. The molecule has 0 radical (unpaired) electrons. The molecule has 2 heterocycles. The second kappa shape index (κ2) is 6.67. The van der Waals surface area contributed by atoms with Gasteiger partial charge in [-0.15, -0.1) is 0 Å². The lowest BCUT2D eigenvalue weighted by Gasteiger charge is -2.36. The molecule has 1 saturated carbocycles. The minimum atomic E-state index is -0.677. The lowest BCUT2D eigenvalue weighted by Crippen LogP contribution is -2.51. The molecule has 1 aromatic carbocycles. The molecule has 1 aliphatic carbocycles. The highest BCUT2D eigenvalue weighted by Crippen LogP contribution is 2.42. The van der Waals surface area contributed by atoms with E-state index < -0.39 is 5.54 Å². The number of aryl methyl sites for hydroxylation is 1. The Labute approximate surface area is 155 Å². The summed E-state index contributed by atoms with van der Waals surface area (Å²) in [4.78, 5) is 31.1. The van der Waals surface area contributed by atoms with Crippen molar-refractivity contribution < 1.29 is 9.59 Å². The number of carbonyl (C=O) groups excluding carboxylic acids is 2. The largest absolute Gasteiger partial charge is 0.326 e. The molecule has 0 unspecified atom stereocenters. The van der Waals surface area contributed by atoms with Crippen LogP contribution in [0, 0.1) is 12.8 Å². The number of amides is 3. The number of urea groups is 1. The molecule has 4 rings (SSSR count). The smallest absolute Gasteiger partial charge is 0.323 e. The van der Waals surface area contributed by atoms with E-state index in [1.165, 1.54) is 16.0 Å². The van der Waals surface area contributed by atoms with Crippen LogP contribution in [0.4, 0.5) is 4.79 Å². The Hall–Kier alpha value is -1.92. The number of imide groups is 1. The molecule has 3 aliphatic rings. The van der Waals surface area contributed by atoms with Crippen molar-refractivity contribution in [3.8, 4) is 0 Å². The Kier molecular flexibility index (Phi) is 4.49. The highest BCUT2D eigenvalue weighted by atomic mass is 16.2. The first-order chi connectivity index (χ1) is 12.5. The summed E-state index contributed by atoms with van der Waals surface area (Å²) in [5.41, 5.74) is 1.95. The van der Waals surface area contributed by atoms with E-state index in [-0.39, 0.29) is 11.9 Å². The van der Waals surface area contributed by atoms with Crippen LogP contribution in [0.15, 0.2) is 24.3 Å². The first-order valence-electron chi connectivity index (χ1n) is 9.60. The van der Waals surface area contributed by atoms with Gasteiger partial charge >= 0.3 is 6.03 Å². The molecular weight excluding hydrogens is 328 g/mol. The van der Waals surface area contributed by atoms with Crippen LogP contribution in [0.5, 0.6) is 0 Å². The fraction of sp³-hybridized carbons (Fsp3) is 0.600. The van der Waals surface area contributed by atoms with Gasteiger partial charge in [0.15, 0.2) is 0 Å². The van der Waals surface area contributed by atoms with Crippen LogP contribution in [0.3, 0.4) is 0 Å². The highest BCUT2D eigenvalue weighted by Gasteiger charge is 2.56. The first-order valence-corrected chi connectivity index (χ1v) is 9.60. The van der Waals surface area contributed by atoms with Gasteiger partial charge in [0, 0.05) is 32.7 Å². The molecule has 2 saturated heterocycles. The number of carbonyl (C=O) groups is 2. The summed E-state index contributed by atoms with van der Waals surface area (Å²) in [5, 5.41) is 2.93. The van der Waals surface area contributed by atoms with Crippen LogP contribution in [-0.2, 0) is 11.3 Å². The van der Waals surface area contributed by atoms with Crippen molar-refractivity contribution >= 4 is 11.9 Å². The van der Waals surface area contributed by atoms with E-state index in [0.29, 0.717) is 12.6 Å². The third-order valence-corrected chi connectivity index (χ3v) is 5.99. The van der Waals surface area contributed by atoms with Gasteiger partial charge in [0.1, 0.15) is 5.54 Å². The lowest BCUT2D eigenvalue weighted by atomic mass is 9.96. The first kappa shape index (κ1) is 17.5. The van der Waals surface area contributed by atoms with E-state index in [4.69, 9.17) is 0 Å². The Balaban J connectivity index is 1.30. The van der Waals surface area contributed by atoms with E-state index in [1.807, 2.05) is 6.92 Å². The van der Waals surface area contributed by atoms with E-state index in [1.54, 1.807) is 0 Å². The van der Waals surface area contributed by atoms with Gasteiger partial charge in [-0.05, 0) is 38.2 Å². The molecule has 1 N–H and O–H groups in total. The zero-order valence-electron chi connectivity index (χ0n) is 15.7. The number of rotatable bonds is 5. The molecule has 0 bridgehead atoms. The van der Waals surface area contributed by atoms with Gasteiger partial charge in [-0.1, -0.05) is 29.8 Å². The lowest BCUT2D eigenvalue weighted by molar-refractivity contribution is -0.133. The van der Waals surface area contributed by atoms with Crippen molar-refractivity contribution in [2.24, 2.45) is 5.92 Å². The normalized spacial score (nSPS) is 27.8. The maximum Gasteiger partial charge on any atom is 0.326 e. The second-order valence-electron chi connectivity index (χ2n) is 8.16. The van der Waals surface area contributed by atoms with Crippen molar-refractivity contribution in [2.45, 2.75) is 38.8 Å². The van der Waals surface area contributed by atoms with Crippen LogP contribution < -0.4 is 5.32 Å². The van der Waals surface area contributed by atoms with Crippen LogP contribution in [0.2, 0.25) is 0 Å². The standard InChI is InChI=1S/C20H28N4O2/c1-15-4-3-5-16(12-15)13-22-8-10-23(11-9-22)14-24-18(25)20(2,17-6-7-17)21-19(24)26/h3-5,12,17H,6-11,13-14H2,1-2H3,(H,21,26)/t20-/m1/s1. The zero-order valence-corrected chi connectivity index (χ0v) is 15.7. The van der Waals surface area contributed by atoms with Gasteiger partial charge in [0.05, 0.1) is 6.67 Å². The van der Waals surface area contributed by atoms with Crippen LogP contribution in [0.1, 0.15) is 30.9 Å². The topological polar surface area (TPSA) is 55.9 Å². The number of hydrogen-bond acceptors (Lipinski definition) is 4.